The summed E-state index contributed by atoms with van der Waals surface area (Å²) in [6.07, 6.45) is 0.891. The summed E-state index contributed by atoms with van der Waals surface area (Å²) >= 11 is 0. The van der Waals surface area contributed by atoms with E-state index in [1.54, 1.807) is 0 Å². The maximum atomic E-state index is 6.01. The zero-order valence-corrected chi connectivity index (χ0v) is 13.5. The first-order valence-corrected chi connectivity index (χ1v) is 8.11. The molecule has 0 spiro atoms. The lowest BCUT2D eigenvalue weighted by Gasteiger charge is -2.21. The molecule has 0 aliphatic carbocycles. The van der Waals surface area contributed by atoms with E-state index in [0.29, 0.717) is 26.4 Å². The third-order valence-corrected chi connectivity index (χ3v) is 4.04. The Bertz CT molecular complexity index is 640. The molecule has 0 amide bonds. The molecule has 0 bridgehead atoms. The summed E-state index contributed by atoms with van der Waals surface area (Å²) in [5.41, 5.74) is 8.44. The highest BCUT2D eigenvalue weighted by Gasteiger charge is 2.16. The van der Waals surface area contributed by atoms with E-state index >= 15 is 0 Å². The monoisotopic (exact) mass is 313 g/mol. The van der Waals surface area contributed by atoms with E-state index < -0.39 is 0 Å². The number of hydrogen-bond acceptors (Lipinski definition) is 4. The predicted octanol–water partition coefficient (Wildman–Crippen LogP) is 3.14. The van der Waals surface area contributed by atoms with E-state index in [2.05, 4.69) is 24.3 Å². The molecule has 0 saturated carbocycles. The molecule has 23 heavy (non-hydrogen) atoms. The summed E-state index contributed by atoms with van der Waals surface area (Å²) in [6, 6.07) is 14.3. The number of nitrogens with two attached hydrogens (primary N) is 1. The molecule has 1 unspecified atom stereocenters. The van der Waals surface area contributed by atoms with Crippen LogP contribution in [0.1, 0.15) is 24.0 Å². The van der Waals surface area contributed by atoms with Gasteiger partial charge in [-0.2, -0.15) is 0 Å². The van der Waals surface area contributed by atoms with Crippen LogP contribution in [0, 0.1) is 0 Å². The first kappa shape index (κ1) is 15.7. The van der Waals surface area contributed by atoms with Crippen molar-refractivity contribution in [3.05, 3.63) is 53.6 Å². The highest BCUT2D eigenvalue weighted by molar-refractivity contribution is 5.45. The van der Waals surface area contributed by atoms with Gasteiger partial charge in [-0.1, -0.05) is 18.2 Å². The fraction of sp³-hybridized carbons (Fsp3) is 0.368. The van der Waals surface area contributed by atoms with E-state index in [1.165, 1.54) is 11.1 Å². The lowest BCUT2D eigenvalue weighted by molar-refractivity contribution is 0.171. The van der Waals surface area contributed by atoms with Gasteiger partial charge in [-0.05, 0) is 55.3 Å². The van der Waals surface area contributed by atoms with Crippen molar-refractivity contribution in [3.63, 3.8) is 0 Å². The average molecular weight is 313 g/mol. The van der Waals surface area contributed by atoms with Gasteiger partial charge >= 0.3 is 0 Å². The molecule has 2 aromatic rings. The topological polar surface area (TPSA) is 53.7 Å². The number of ether oxygens (including phenoxy) is 3. The summed E-state index contributed by atoms with van der Waals surface area (Å²) in [5.74, 6) is 2.79. The molecule has 1 heterocycles. The molecule has 4 heteroatoms. The Hall–Kier alpha value is -2.20. The van der Waals surface area contributed by atoms with E-state index in [-0.39, 0.29) is 5.92 Å². The SMILES string of the molecule is CCOc1ccc(CC(CN)c2ccc3c(c2)OCCO3)cc1. The minimum atomic E-state index is 0.253. The largest absolute Gasteiger partial charge is 0.494 e. The maximum absolute atomic E-state index is 6.01. The van der Waals surface area contributed by atoms with E-state index in [0.717, 1.165) is 23.7 Å². The van der Waals surface area contributed by atoms with Crippen LogP contribution in [-0.4, -0.2) is 26.4 Å². The molecule has 3 rings (SSSR count). The van der Waals surface area contributed by atoms with Gasteiger partial charge in [0.15, 0.2) is 11.5 Å². The van der Waals surface area contributed by atoms with Crippen molar-refractivity contribution in [1.29, 1.82) is 0 Å². The Morgan fingerprint density at radius 1 is 1.04 bits per heavy atom. The van der Waals surface area contributed by atoms with Crippen molar-refractivity contribution in [3.8, 4) is 17.2 Å². The normalized spacial score (nSPS) is 14.3. The summed E-state index contributed by atoms with van der Waals surface area (Å²) in [7, 11) is 0. The quantitative estimate of drug-likeness (QED) is 0.890. The Morgan fingerprint density at radius 3 is 2.48 bits per heavy atom. The molecule has 1 aliphatic heterocycles. The molecule has 1 aliphatic rings. The second kappa shape index (κ2) is 7.38. The number of fused-ring (bicyclic) bond motifs is 1. The first-order valence-electron chi connectivity index (χ1n) is 8.11. The molecule has 0 radical (unpaired) electrons. The minimum absolute atomic E-state index is 0.253. The zero-order chi connectivity index (χ0) is 16.1. The van der Waals surface area contributed by atoms with Crippen molar-refractivity contribution >= 4 is 0 Å². The van der Waals surface area contributed by atoms with Crippen molar-refractivity contribution < 1.29 is 14.2 Å². The first-order chi connectivity index (χ1) is 11.3. The van der Waals surface area contributed by atoms with E-state index in [1.807, 2.05) is 25.1 Å². The van der Waals surface area contributed by atoms with Crippen molar-refractivity contribution in [1.82, 2.24) is 0 Å². The van der Waals surface area contributed by atoms with Crippen LogP contribution in [0.25, 0.3) is 0 Å². The van der Waals surface area contributed by atoms with Gasteiger partial charge in [0, 0.05) is 5.92 Å². The van der Waals surface area contributed by atoms with E-state index in [4.69, 9.17) is 19.9 Å². The molecule has 0 aromatic heterocycles. The highest BCUT2D eigenvalue weighted by Crippen LogP contribution is 2.34. The fourth-order valence-electron chi connectivity index (χ4n) is 2.82. The Morgan fingerprint density at radius 2 is 1.78 bits per heavy atom. The summed E-state index contributed by atoms with van der Waals surface area (Å²) < 4.78 is 16.7. The maximum Gasteiger partial charge on any atom is 0.161 e. The second-order valence-electron chi connectivity index (χ2n) is 5.62. The third kappa shape index (κ3) is 3.77. The highest BCUT2D eigenvalue weighted by atomic mass is 16.6. The second-order valence-corrected chi connectivity index (χ2v) is 5.62. The predicted molar refractivity (Wildman–Crippen MR) is 90.5 cm³/mol. The number of hydrogen-bond donors (Lipinski definition) is 1. The lowest BCUT2D eigenvalue weighted by atomic mass is 9.91. The van der Waals surface area contributed by atoms with Gasteiger partial charge in [0.1, 0.15) is 19.0 Å². The molecule has 1 atom stereocenters. The molecular weight excluding hydrogens is 290 g/mol. The van der Waals surface area contributed by atoms with Crippen molar-refractivity contribution in [2.45, 2.75) is 19.3 Å². The standard InChI is InChI=1S/C19H23NO3/c1-2-21-17-6-3-14(4-7-17)11-16(13-20)15-5-8-18-19(12-15)23-10-9-22-18/h3-8,12,16H,2,9-11,13,20H2,1H3. The zero-order valence-electron chi connectivity index (χ0n) is 13.5. The lowest BCUT2D eigenvalue weighted by Crippen LogP contribution is -2.18. The van der Waals surface area contributed by atoms with Crippen LogP contribution < -0.4 is 19.9 Å². The van der Waals surface area contributed by atoms with Gasteiger partial charge in [-0.15, -0.1) is 0 Å². The molecule has 0 saturated heterocycles. The molecular formula is C19H23NO3. The van der Waals surface area contributed by atoms with Crippen LogP contribution in [0.15, 0.2) is 42.5 Å². The van der Waals surface area contributed by atoms with Crippen LogP contribution in [0.5, 0.6) is 17.2 Å². The Balaban J connectivity index is 1.74. The van der Waals surface area contributed by atoms with Crippen LogP contribution in [0.2, 0.25) is 0 Å². The Kier molecular flexibility index (Phi) is 5.03. The Labute approximate surface area is 137 Å². The number of rotatable bonds is 6. The summed E-state index contributed by atoms with van der Waals surface area (Å²) in [6.45, 7) is 4.47. The van der Waals surface area contributed by atoms with Gasteiger partial charge in [0.2, 0.25) is 0 Å². The van der Waals surface area contributed by atoms with Gasteiger partial charge in [-0.3, -0.25) is 0 Å². The van der Waals surface area contributed by atoms with Crippen LogP contribution in [0.4, 0.5) is 0 Å². The van der Waals surface area contributed by atoms with Crippen LogP contribution in [-0.2, 0) is 6.42 Å². The fourth-order valence-corrected chi connectivity index (χ4v) is 2.82. The van der Waals surface area contributed by atoms with Gasteiger partial charge < -0.3 is 19.9 Å². The summed E-state index contributed by atoms with van der Waals surface area (Å²) in [4.78, 5) is 0. The van der Waals surface area contributed by atoms with Crippen LogP contribution >= 0.6 is 0 Å². The molecule has 0 fully saturated rings. The van der Waals surface area contributed by atoms with Gasteiger partial charge in [0.25, 0.3) is 0 Å². The average Bonchev–Trinajstić information content (AvgIpc) is 2.61. The van der Waals surface area contributed by atoms with Crippen molar-refractivity contribution in [2.24, 2.45) is 5.73 Å². The molecule has 122 valence electrons. The summed E-state index contributed by atoms with van der Waals surface area (Å²) in [5, 5.41) is 0. The smallest absolute Gasteiger partial charge is 0.161 e. The van der Waals surface area contributed by atoms with E-state index in [9.17, 15) is 0 Å². The van der Waals surface area contributed by atoms with Gasteiger partial charge in [0.05, 0.1) is 6.61 Å². The van der Waals surface area contributed by atoms with Crippen LogP contribution in [0.3, 0.4) is 0 Å². The van der Waals surface area contributed by atoms with Gasteiger partial charge in [-0.25, -0.2) is 0 Å². The molecule has 4 nitrogen and oxygen atoms in total. The van der Waals surface area contributed by atoms with Crippen molar-refractivity contribution in [2.75, 3.05) is 26.4 Å². The molecule has 2 aromatic carbocycles. The number of benzene rings is 2. The molecule has 2 N–H and O–H groups in total. The third-order valence-electron chi connectivity index (χ3n) is 4.04. The minimum Gasteiger partial charge on any atom is -0.494 e.